The summed E-state index contributed by atoms with van der Waals surface area (Å²) in [6.07, 6.45) is 0.941. The molecule has 2 rings (SSSR count). The number of hydrogen-bond acceptors (Lipinski definition) is 1. The lowest BCUT2D eigenvalue weighted by Gasteiger charge is -2.31. The Kier molecular flexibility index (Phi) is 2.35. The van der Waals surface area contributed by atoms with Gasteiger partial charge in [-0.05, 0) is 37.1 Å². The van der Waals surface area contributed by atoms with Gasteiger partial charge in [0.1, 0.15) is 0 Å². The van der Waals surface area contributed by atoms with E-state index in [1.54, 1.807) is 4.90 Å². The van der Waals surface area contributed by atoms with E-state index in [1.807, 2.05) is 25.2 Å². The summed E-state index contributed by atoms with van der Waals surface area (Å²) >= 11 is 3.42. The van der Waals surface area contributed by atoms with Crippen molar-refractivity contribution in [2.45, 2.75) is 19.4 Å². The second-order valence-electron chi connectivity index (χ2n) is 3.77. The van der Waals surface area contributed by atoms with Gasteiger partial charge in [-0.15, -0.1) is 0 Å². The smallest absolute Gasteiger partial charge is 0.254 e. The van der Waals surface area contributed by atoms with Crippen LogP contribution < -0.4 is 0 Å². The molecule has 0 bridgehead atoms. The van der Waals surface area contributed by atoms with Crippen LogP contribution in [0, 0.1) is 0 Å². The summed E-state index contributed by atoms with van der Waals surface area (Å²) in [6.45, 7) is 2.07. The highest BCUT2D eigenvalue weighted by atomic mass is 79.9. The summed E-state index contributed by atoms with van der Waals surface area (Å²) in [5.41, 5.74) is 1.99. The number of halogens is 1. The third kappa shape index (κ3) is 1.46. The van der Waals surface area contributed by atoms with Gasteiger partial charge in [0.25, 0.3) is 5.91 Å². The minimum Gasteiger partial charge on any atom is -0.339 e. The Morgan fingerprint density at radius 3 is 2.93 bits per heavy atom. The Hall–Kier alpha value is -0.830. The second-order valence-corrected chi connectivity index (χ2v) is 4.69. The van der Waals surface area contributed by atoms with Crippen LogP contribution >= 0.6 is 15.9 Å². The Labute approximate surface area is 92.0 Å². The van der Waals surface area contributed by atoms with Crippen LogP contribution in [0.25, 0.3) is 0 Å². The van der Waals surface area contributed by atoms with Crippen LogP contribution in [0.15, 0.2) is 22.7 Å². The van der Waals surface area contributed by atoms with Crippen molar-refractivity contribution in [1.82, 2.24) is 4.90 Å². The largest absolute Gasteiger partial charge is 0.339 e. The van der Waals surface area contributed by atoms with Gasteiger partial charge in [-0.2, -0.15) is 0 Å². The summed E-state index contributed by atoms with van der Waals surface area (Å²) in [4.78, 5) is 13.7. The molecule has 1 aliphatic heterocycles. The molecule has 1 amide bonds. The predicted octanol–water partition coefficient (Wildman–Crippen LogP) is 2.47. The fourth-order valence-electron chi connectivity index (χ4n) is 1.79. The van der Waals surface area contributed by atoms with Crippen molar-refractivity contribution >= 4 is 21.8 Å². The molecule has 0 aliphatic carbocycles. The zero-order chi connectivity index (χ0) is 10.3. The highest BCUT2D eigenvalue weighted by Gasteiger charge is 2.26. The fourth-order valence-corrected chi connectivity index (χ4v) is 2.19. The minimum absolute atomic E-state index is 0.131. The maximum atomic E-state index is 11.8. The van der Waals surface area contributed by atoms with Gasteiger partial charge >= 0.3 is 0 Å². The number of hydrogen-bond donors (Lipinski definition) is 0. The first-order chi connectivity index (χ1) is 6.59. The van der Waals surface area contributed by atoms with E-state index in [9.17, 15) is 4.79 Å². The van der Waals surface area contributed by atoms with Crippen LogP contribution in [0.4, 0.5) is 0 Å². The zero-order valence-electron chi connectivity index (χ0n) is 8.25. The number of nitrogens with zero attached hydrogens (tertiary/aromatic N) is 1. The van der Waals surface area contributed by atoms with Gasteiger partial charge < -0.3 is 4.90 Å². The van der Waals surface area contributed by atoms with Gasteiger partial charge in [0.15, 0.2) is 0 Å². The highest BCUT2D eigenvalue weighted by Crippen LogP contribution is 2.24. The van der Waals surface area contributed by atoms with Gasteiger partial charge in [0.2, 0.25) is 0 Å². The van der Waals surface area contributed by atoms with Crippen molar-refractivity contribution in [3.05, 3.63) is 33.8 Å². The standard InChI is InChI=1S/C11H12BrNO/c1-7-5-8-6-9(12)3-4-10(8)11(14)13(7)2/h3-4,6-7H,5H2,1-2H3/t7-/m1/s1. The Balaban J connectivity index is 2.51. The van der Waals surface area contributed by atoms with E-state index >= 15 is 0 Å². The quantitative estimate of drug-likeness (QED) is 0.696. The molecule has 14 heavy (non-hydrogen) atoms. The molecule has 1 aromatic carbocycles. The average Bonchev–Trinajstić information content (AvgIpc) is 2.14. The lowest BCUT2D eigenvalue weighted by atomic mass is 9.95. The van der Waals surface area contributed by atoms with Crippen molar-refractivity contribution < 1.29 is 4.79 Å². The third-order valence-electron chi connectivity index (χ3n) is 2.79. The number of benzene rings is 1. The van der Waals surface area contributed by atoms with E-state index in [1.165, 1.54) is 0 Å². The third-order valence-corrected chi connectivity index (χ3v) is 3.29. The van der Waals surface area contributed by atoms with Crippen molar-refractivity contribution in [2.75, 3.05) is 7.05 Å². The van der Waals surface area contributed by atoms with Gasteiger partial charge in [0, 0.05) is 23.1 Å². The molecule has 0 saturated carbocycles. The van der Waals surface area contributed by atoms with E-state index in [0.29, 0.717) is 6.04 Å². The van der Waals surface area contributed by atoms with Gasteiger partial charge in [-0.3, -0.25) is 4.79 Å². The van der Waals surface area contributed by atoms with E-state index in [2.05, 4.69) is 22.9 Å². The van der Waals surface area contributed by atoms with Gasteiger partial charge in [0.05, 0.1) is 0 Å². The maximum Gasteiger partial charge on any atom is 0.254 e. The van der Waals surface area contributed by atoms with E-state index < -0.39 is 0 Å². The van der Waals surface area contributed by atoms with Gasteiger partial charge in [-0.1, -0.05) is 15.9 Å². The van der Waals surface area contributed by atoms with Crippen LogP contribution in [-0.2, 0) is 6.42 Å². The molecule has 0 saturated heterocycles. The molecule has 0 unspecified atom stereocenters. The number of likely N-dealkylation sites (N-methyl/N-ethyl adjacent to an activating group) is 1. The number of carbonyl (C=O) groups excluding carboxylic acids is 1. The SMILES string of the molecule is C[C@@H]1Cc2cc(Br)ccc2C(=O)N1C. The lowest BCUT2D eigenvalue weighted by molar-refractivity contribution is 0.0721. The van der Waals surface area contributed by atoms with E-state index in [0.717, 1.165) is 22.0 Å². The van der Waals surface area contributed by atoms with Crippen LogP contribution in [0.1, 0.15) is 22.8 Å². The molecule has 0 spiro atoms. The average molecular weight is 254 g/mol. The molecule has 0 N–H and O–H groups in total. The van der Waals surface area contributed by atoms with Gasteiger partial charge in [-0.25, -0.2) is 0 Å². The molecule has 1 heterocycles. The zero-order valence-corrected chi connectivity index (χ0v) is 9.84. The first-order valence-corrected chi connectivity index (χ1v) is 5.44. The van der Waals surface area contributed by atoms with Crippen LogP contribution in [0.5, 0.6) is 0 Å². The molecule has 2 nitrogen and oxygen atoms in total. The molecule has 1 aliphatic rings. The number of carbonyl (C=O) groups is 1. The summed E-state index contributed by atoms with van der Waals surface area (Å²) in [7, 11) is 1.86. The summed E-state index contributed by atoms with van der Waals surface area (Å²) in [6, 6.07) is 6.14. The summed E-state index contributed by atoms with van der Waals surface area (Å²) < 4.78 is 1.04. The summed E-state index contributed by atoms with van der Waals surface area (Å²) in [5.74, 6) is 0.131. The topological polar surface area (TPSA) is 20.3 Å². The molecule has 74 valence electrons. The van der Waals surface area contributed by atoms with Crippen LogP contribution in [0.2, 0.25) is 0 Å². The molecule has 0 fully saturated rings. The first-order valence-electron chi connectivity index (χ1n) is 4.65. The predicted molar refractivity (Wildman–Crippen MR) is 59.4 cm³/mol. The van der Waals surface area contributed by atoms with E-state index in [4.69, 9.17) is 0 Å². The van der Waals surface area contributed by atoms with Crippen molar-refractivity contribution in [2.24, 2.45) is 0 Å². The molecule has 0 radical (unpaired) electrons. The Bertz CT molecular complexity index is 389. The summed E-state index contributed by atoms with van der Waals surface area (Å²) in [5, 5.41) is 0. The van der Waals surface area contributed by atoms with Crippen molar-refractivity contribution in [3.63, 3.8) is 0 Å². The fraction of sp³-hybridized carbons (Fsp3) is 0.364. The van der Waals surface area contributed by atoms with Crippen molar-refractivity contribution in [1.29, 1.82) is 0 Å². The maximum absolute atomic E-state index is 11.8. The monoisotopic (exact) mass is 253 g/mol. The minimum atomic E-state index is 0.131. The number of fused-ring (bicyclic) bond motifs is 1. The lowest BCUT2D eigenvalue weighted by Crippen LogP contribution is -2.41. The van der Waals surface area contributed by atoms with E-state index in [-0.39, 0.29) is 5.91 Å². The number of rotatable bonds is 0. The molecular formula is C11H12BrNO. The first kappa shape index (κ1) is 9.71. The number of amides is 1. The molecule has 1 aromatic rings. The van der Waals surface area contributed by atoms with Crippen molar-refractivity contribution in [3.8, 4) is 0 Å². The normalized spacial score (nSPS) is 20.9. The second kappa shape index (κ2) is 3.39. The highest BCUT2D eigenvalue weighted by molar-refractivity contribution is 9.10. The molecule has 0 aromatic heterocycles. The molecule has 3 heteroatoms. The Morgan fingerprint density at radius 1 is 1.50 bits per heavy atom. The van der Waals surface area contributed by atoms with Crippen LogP contribution in [0.3, 0.4) is 0 Å². The molecular weight excluding hydrogens is 242 g/mol. The Morgan fingerprint density at radius 2 is 2.21 bits per heavy atom. The molecule has 1 atom stereocenters. The van der Waals surface area contributed by atoms with Crippen LogP contribution in [-0.4, -0.2) is 23.9 Å².